The summed E-state index contributed by atoms with van der Waals surface area (Å²) >= 11 is 4.77. The van der Waals surface area contributed by atoms with Crippen LogP contribution in [0.5, 0.6) is 0 Å². The lowest BCUT2D eigenvalue weighted by molar-refractivity contribution is 0.102. The van der Waals surface area contributed by atoms with Crippen LogP contribution in [0, 0.1) is 0 Å². The number of benzene rings is 2. The second-order valence-electron chi connectivity index (χ2n) is 5.72. The molecule has 0 aliphatic rings. The molecule has 2 aromatic carbocycles. The van der Waals surface area contributed by atoms with E-state index in [1.165, 1.54) is 11.8 Å². The first-order valence-corrected chi connectivity index (χ1v) is 9.80. The smallest absolute Gasteiger partial charge is 0.178 e. The number of halogens is 1. The fourth-order valence-electron chi connectivity index (χ4n) is 2.62. The third-order valence-corrected chi connectivity index (χ3v) is 5.24. The molecule has 128 valence electrons. The van der Waals surface area contributed by atoms with Gasteiger partial charge in [0.1, 0.15) is 0 Å². The quantitative estimate of drug-likeness (QED) is 0.346. The van der Waals surface area contributed by atoms with Crippen molar-refractivity contribution >= 4 is 44.6 Å². The average molecular weight is 424 g/mol. The molecule has 4 nitrogen and oxygen atoms in total. The molecule has 0 spiro atoms. The molecule has 0 amide bonds. The monoisotopic (exact) mass is 423 g/mol. The van der Waals surface area contributed by atoms with E-state index in [1.807, 2.05) is 48.5 Å². The van der Waals surface area contributed by atoms with Crippen LogP contribution in [0.2, 0.25) is 0 Å². The normalized spacial score (nSPS) is 11.0. The molecule has 0 atom stereocenters. The maximum atomic E-state index is 12.4. The lowest BCUT2D eigenvalue weighted by atomic mass is 10.0. The number of H-pyrrole nitrogens is 1. The fourth-order valence-corrected chi connectivity index (χ4v) is 3.72. The molecule has 0 saturated heterocycles. The Labute approximate surface area is 163 Å². The number of carbonyl (C=O) groups is 1. The molecule has 0 saturated carbocycles. The first kappa shape index (κ1) is 17.0. The van der Waals surface area contributed by atoms with Crippen molar-refractivity contribution in [2.75, 3.05) is 5.75 Å². The Morgan fingerprint density at radius 2 is 1.77 bits per heavy atom. The van der Waals surface area contributed by atoms with Gasteiger partial charge in [-0.3, -0.25) is 4.79 Å². The van der Waals surface area contributed by atoms with Crippen LogP contribution >= 0.6 is 27.7 Å². The summed E-state index contributed by atoms with van der Waals surface area (Å²) in [6.45, 7) is 0. The zero-order valence-electron chi connectivity index (χ0n) is 13.6. The number of ketones is 1. The molecular weight excluding hydrogens is 410 g/mol. The molecule has 0 aliphatic carbocycles. The first-order chi connectivity index (χ1) is 12.7. The van der Waals surface area contributed by atoms with E-state index in [1.54, 1.807) is 6.20 Å². The predicted octanol–water partition coefficient (Wildman–Crippen LogP) is 5.36. The second kappa shape index (κ2) is 7.43. The van der Waals surface area contributed by atoms with Gasteiger partial charge in [-0.05, 0) is 33.1 Å². The van der Waals surface area contributed by atoms with Gasteiger partial charge in [0.15, 0.2) is 16.6 Å². The SMILES string of the molecule is O=C(CSc1nc2ncc(Br)cc2[nH]1)c1ccc(-c2ccccc2)cc1. The van der Waals surface area contributed by atoms with Crippen molar-refractivity contribution in [2.45, 2.75) is 5.16 Å². The number of aromatic nitrogens is 3. The van der Waals surface area contributed by atoms with Crippen LogP contribution in [0.4, 0.5) is 0 Å². The number of rotatable bonds is 5. The van der Waals surface area contributed by atoms with Crippen LogP contribution in [-0.4, -0.2) is 26.5 Å². The van der Waals surface area contributed by atoms with Crippen molar-refractivity contribution < 1.29 is 4.79 Å². The standard InChI is InChI=1S/C20H14BrN3OS/c21-16-10-17-19(22-11-16)24-20(23-17)26-12-18(25)15-8-6-14(7-9-15)13-4-2-1-3-5-13/h1-11H,12H2,(H,22,23,24). The number of thioether (sulfide) groups is 1. The highest BCUT2D eigenvalue weighted by atomic mass is 79.9. The minimum Gasteiger partial charge on any atom is -0.331 e. The molecular formula is C20H14BrN3OS. The van der Waals surface area contributed by atoms with Gasteiger partial charge in [-0.25, -0.2) is 9.97 Å². The minimum atomic E-state index is 0.0733. The van der Waals surface area contributed by atoms with Gasteiger partial charge < -0.3 is 4.98 Å². The molecule has 0 fully saturated rings. The summed E-state index contributed by atoms with van der Waals surface area (Å²) in [5.41, 5.74) is 4.44. The number of aromatic amines is 1. The molecule has 2 aromatic heterocycles. The molecule has 2 heterocycles. The molecule has 4 aromatic rings. The highest BCUT2D eigenvalue weighted by molar-refractivity contribution is 9.10. The zero-order chi connectivity index (χ0) is 17.9. The third-order valence-electron chi connectivity index (χ3n) is 3.94. The molecule has 4 rings (SSSR count). The van der Waals surface area contributed by atoms with Gasteiger partial charge in [0.2, 0.25) is 0 Å². The van der Waals surface area contributed by atoms with Crippen LogP contribution in [-0.2, 0) is 0 Å². The van der Waals surface area contributed by atoms with Gasteiger partial charge in [0.25, 0.3) is 0 Å². The Morgan fingerprint density at radius 3 is 2.54 bits per heavy atom. The maximum absolute atomic E-state index is 12.4. The Hall–Kier alpha value is -2.44. The maximum Gasteiger partial charge on any atom is 0.178 e. The second-order valence-corrected chi connectivity index (χ2v) is 7.60. The van der Waals surface area contributed by atoms with Crippen LogP contribution in [0.15, 0.2) is 76.5 Å². The van der Waals surface area contributed by atoms with Gasteiger partial charge >= 0.3 is 0 Å². The minimum absolute atomic E-state index is 0.0733. The molecule has 0 bridgehead atoms. The largest absolute Gasteiger partial charge is 0.331 e. The number of fused-ring (bicyclic) bond motifs is 1. The highest BCUT2D eigenvalue weighted by Crippen LogP contribution is 2.23. The molecule has 1 N–H and O–H groups in total. The lowest BCUT2D eigenvalue weighted by Gasteiger charge is -2.03. The van der Waals surface area contributed by atoms with Crippen molar-refractivity contribution in [3.8, 4) is 11.1 Å². The van der Waals surface area contributed by atoms with Crippen molar-refractivity contribution in [3.63, 3.8) is 0 Å². The summed E-state index contributed by atoms with van der Waals surface area (Å²) < 4.78 is 0.889. The van der Waals surface area contributed by atoms with Crippen molar-refractivity contribution in [3.05, 3.63) is 76.9 Å². The summed E-state index contributed by atoms with van der Waals surface area (Å²) in [5, 5.41) is 0.694. The number of Topliss-reactive ketones (excluding diaryl/α,β-unsaturated/α-hetero) is 1. The van der Waals surface area contributed by atoms with E-state index in [0.717, 1.165) is 21.1 Å². The summed E-state index contributed by atoms with van der Waals surface area (Å²) in [4.78, 5) is 24.3. The molecule has 0 aliphatic heterocycles. The van der Waals surface area contributed by atoms with Gasteiger partial charge in [0, 0.05) is 16.2 Å². The summed E-state index contributed by atoms with van der Waals surface area (Å²) in [6.07, 6.45) is 1.71. The van der Waals surface area contributed by atoms with Gasteiger partial charge in [-0.2, -0.15) is 0 Å². The van der Waals surface area contributed by atoms with Crippen LogP contribution in [0.3, 0.4) is 0 Å². The Kier molecular flexibility index (Phi) is 4.86. The number of carbonyl (C=O) groups excluding carboxylic acids is 1. The van der Waals surface area contributed by atoms with E-state index in [4.69, 9.17) is 0 Å². The fraction of sp³-hybridized carbons (Fsp3) is 0.0500. The molecule has 6 heteroatoms. The lowest BCUT2D eigenvalue weighted by Crippen LogP contribution is -2.02. The van der Waals surface area contributed by atoms with Crippen molar-refractivity contribution in [1.29, 1.82) is 0 Å². The first-order valence-electron chi connectivity index (χ1n) is 8.02. The summed E-state index contributed by atoms with van der Waals surface area (Å²) in [6, 6.07) is 19.8. The number of hydrogen-bond donors (Lipinski definition) is 1. The van der Waals surface area contributed by atoms with E-state index in [-0.39, 0.29) is 5.78 Å². The highest BCUT2D eigenvalue weighted by Gasteiger charge is 2.10. The van der Waals surface area contributed by atoms with Crippen molar-refractivity contribution in [1.82, 2.24) is 15.0 Å². The van der Waals surface area contributed by atoms with Crippen LogP contribution < -0.4 is 0 Å². The summed E-state index contributed by atoms with van der Waals surface area (Å²) in [7, 11) is 0. The van der Waals surface area contributed by atoms with Crippen LogP contribution in [0.25, 0.3) is 22.3 Å². The number of nitrogens with zero attached hydrogens (tertiary/aromatic N) is 2. The number of imidazole rings is 1. The number of nitrogens with one attached hydrogen (secondary N) is 1. The average Bonchev–Trinajstić information content (AvgIpc) is 3.09. The third kappa shape index (κ3) is 3.71. The van der Waals surface area contributed by atoms with E-state index < -0.39 is 0 Å². The van der Waals surface area contributed by atoms with Gasteiger partial charge in [0.05, 0.1) is 11.3 Å². The van der Waals surface area contributed by atoms with E-state index in [2.05, 4.69) is 43.0 Å². The zero-order valence-corrected chi connectivity index (χ0v) is 16.0. The topological polar surface area (TPSA) is 58.6 Å². The van der Waals surface area contributed by atoms with Gasteiger partial charge in [-0.1, -0.05) is 66.4 Å². The van der Waals surface area contributed by atoms with E-state index in [0.29, 0.717) is 22.1 Å². The van der Waals surface area contributed by atoms with E-state index in [9.17, 15) is 4.79 Å². The van der Waals surface area contributed by atoms with E-state index >= 15 is 0 Å². The van der Waals surface area contributed by atoms with Crippen molar-refractivity contribution in [2.24, 2.45) is 0 Å². The van der Waals surface area contributed by atoms with Crippen LogP contribution in [0.1, 0.15) is 10.4 Å². The Balaban J connectivity index is 1.44. The number of pyridine rings is 1. The van der Waals surface area contributed by atoms with Gasteiger partial charge in [-0.15, -0.1) is 0 Å². The molecule has 0 radical (unpaired) electrons. The molecule has 0 unspecified atom stereocenters. The summed E-state index contributed by atoms with van der Waals surface area (Å²) in [5.74, 6) is 0.398. The number of hydrogen-bond acceptors (Lipinski definition) is 4. The predicted molar refractivity (Wildman–Crippen MR) is 109 cm³/mol. The molecule has 26 heavy (non-hydrogen) atoms. The Morgan fingerprint density at radius 1 is 1.04 bits per heavy atom. The Bertz CT molecular complexity index is 1060.